The monoisotopic (exact) mass is 333 g/mol. The van der Waals surface area contributed by atoms with E-state index in [1.807, 2.05) is 13.8 Å². The first-order valence-corrected chi connectivity index (χ1v) is 8.43. The van der Waals surface area contributed by atoms with Gasteiger partial charge in [0.15, 0.2) is 5.17 Å². The van der Waals surface area contributed by atoms with Gasteiger partial charge in [-0.15, -0.1) is 0 Å². The Labute approximate surface area is 136 Å². The summed E-state index contributed by atoms with van der Waals surface area (Å²) in [5.74, 6) is 0. The smallest absolute Gasteiger partial charge is 0.409 e. The number of nitrogens with one attached hydrogen (secondary N) is 1. The molecule has 3 atom stereocenters. The van der Waals surface area contributed by atoms with Gasteiger partial charge in [-0.3, -0.25) is 5.41 Å². The molecule has 1 saturated heterocycles. The number of aliphatic hydroxyl groups is 1. The van der Waals surface area contributed by atoms with Crippen LogP contribution in [0.1, 0.15) is 26.7 Å². The van der Waals surface area contributed by atoms with Crippen LogP contribution in [0.25, 0.3) is 0 Å². The maximum atomic E-state index is 11.8. The van der Waals surface area contributed by atoms with Crippen molar-refractivity contribution < 1.29 is 19.4 Å². The fourth-order valence-corrected chi connectivity index (χ4v) is 3.09. The van der Waals surface area contributed by atoms with Crippen molar-refractivity contribution in [2.24, 2.45) is 0 Å². The van der Waals surface area contributed by atoms with Crippen LogP contribution >= 0.6 is 11.8 Å². The van der Waals surface area contributed by atoms with Gasteiger partial charge in [0, 0.05) is 40.0 Å². The second-order valence-corrected chi connectivity index (χ2v) is 6.53. The fourth-order valence-electron chi connectivity index (χ4n) is 2.10. The molecule has 1 amide bonds. The van der Waals surface area contributed by atoms with Crippen molar-refractivity contribution >= 4 is 23.0 Å². The SMILES string of the molecule is CCN(CC)C(=O)OCC1CC(O)CC(SC(=N)N(C)C)O1. The Hall–Kier alpha value is -0.990. The number of aliphatic hydroxyl groups excluding tert-OH is 1. The molecule has 1 heterocycles. The predicted octanol–water partition coefficient (Wildman–Crippen LogP) is 1.56. The first-order chi connectivity index (χ1) is 10.4. The Bertz CT molecular complexity index is 377. The maximum absolute atomic E-state index is 11.8. The molecule has 22 heavy (non-hydrogen) atoms. The first-order valence-electron chi connectivity index (χ1n) is 7.55. The highest BCUT2D eigenvalue weighted by molar-refractivity contribution is 8.14. The van der Waals surface area contributed by atoms with Crippen LogP contribution < -0.4 is 0 Å². The van der Waals surface area contributed by atoms with E-state index in [4.69, 9.17) is 14.9 Å². The second kappa shape index (κ2) is 9.22. The lowest BCUT2D eigenvalue weighted by atomic mass is 10.1. The molecule has 1 fully saturated rings. The van der Waals surface area contributed by atoms with Crippen molar-refractivity contribution in [1.82, 2.24) is 9.80 Å². The molecule has 0 bridgehead atoms. The summed E-state index contributed by atoms with van der Waals surface area (Å²) in [5, 5.41) is 18.1. The zero-order valence-electron chi connectivity index (χ0n) is 13.7. The first kappa shape index (κ1) is 19.1. The van der Waals surface area contributed by atoms with E-state index in [2.05, 4.69) is 0 Å². The van der Waals surface area contributed by atoms with Crippen LogP contribution in [0.3, 0.4) is 0 Å². The molecule has 3 unspecified atom stereocenters. The number of nitrogens with zero attached hydrogens (tertiary/aromatic N) is 2. The highest BCUT2D eigenvalue weighted by Crippen LogP contribution is 2.28. The molecule has 7 nitrogen and oxygen atoms in total. The summed E-state index contributed by atoms with van der Waals surface area (Å²) < 4.78 is 11.1. The molecule has 8 heteroatoms. The molecule has 0 aromatic heterocycles. The van der Waals surface area contributed by atoms with Gasteiger partial charge >= 0.3 is 6.09 Å². The lowest BCUT2D eigenvalue weighted by Crippen LogP contribution is -2.40. The second-order valence-electron chi connectivity index (χ2n) is 5.38. The Kier molecular flexibility index (Phi) is 7.98. The summed E-state index contributed by atoms with van der Waals surface area (Å²) in [6.45, 7) is 5.11. The van der Waals surface area contributed by atoms with E-state index >= 15 is 0 Å². The van der Waals surface area contributed by atoms with E-state index in [0.717, 1.165) is 0 Å². The number of rotatable bonds is 5. The third kappa shape index (κ3) is 6.02. The molecular weight excluding hydrogens is 306 g/mol. The molecule has 0 radical (unpaired) electrons. The van der Waals surface area contributed by atoms with E-state index in [9.17, 15) is 9.90 Å². The number of amides is 1. The van der Waals surface area contributed by atoms with Crippen LogP contribution in [0.4, 0.5) is 4.79 Å². The highest BCUT2D eigenvalue weighted by atomic mass is 32.2. The summed E-state index contributed by atoms with van der Waals surface area (Å²) in [6, 6.07) is 0. The molecule has 1 aliphatic rings. The van der Waals surface area contributed by atoms with Crippen LogP contribution in [0, 0.1) is 5.41 Å². The van der Waals surface area contributed by atoms with Gasteiger partial charge < -0.3 is 24.4 Å². The van der Waals surface area contributed by atoms with Crippen LogP contribution in [0.5, 0.6) is 0 Å². The van der Waals surface area contributed by atoms with Crippen molar-refractivity contribution in [3.8, 4) is 0 Å². The van der Waals surface area contributed by atoms with Crippen LogP contribution in [-0.2, 0) is 9.47 Å². The number of hydrogen-bond donors (Lipinski definition) is 2. The van der Waals surface area contributed by atoms with E-state index in [1.165, 1.54) is 11.8 Å². The minimum Gasteiger partial charge on any atom is -0.447 e. The highest BCUT2D eigenvalue weighted by Gasteiger charge is 2.31. The lowest BCUT2D eigenvalue weighted by Gasteiger charge is -2.33. The molecule has 0 saturated carbocycles. The summed E-state index contributed by atoms with van der Waals surface area (Å²) in [7, 11) is 3.58. The van der Waals surface area contributed by atoms with Crippen molar-refractivity contribution in [2.75, 3.05) is 33.8 Å². The normalized spacial score (nSPS) is 24.7. The number of carbonyl (C=O) groups excluding carboxylic acids is 1. The van der Waals surface area contributed by atoms with Gasteiger partial charge in [0.05, 0.1) is 12.2 Å². The minimum absolute atomic E-state index is 0.124. The zero-order valence-corrected chi connectivity index (χ0v) is 14.6. The molecular formula is C14H27N3O4S. The van der Waals surface area contributed by atoms with E-state index in [1.54, 1.807) is 23.9 Å². The standard InChI is InChI=1S/C14H27N3O4S/c1-5-17(6-2)14(19)20-9-11-7-10(18)8-12(21-11)22-13(15)16(3)4/h10-12,15,18H,5-9H2,1-4H3. The number of carbonyl (C=O) groups is 1. The number of amidine groups is 1. The Balaban J connectivity index is 2.46. The van der Waals surface area contributed by atoms with Crippen LogP contribution in [0.2, 0.25) is 0 Å². The predicted molar refractivity (Wildman–Crippen MR) is 87.2 cm³/mol. The fraction of sp³-hybridized carbons (Fsp3) is 0.857. The largest absolute Gasteiger partial charge is 0.447 e. The van der Waals surface area contributed by atoms with E-state index in [0.29, 0.717) is 31.1 Å². The van der Waals surface area contributed by atoms with Crippen molar-refractivity contribution in [2.45, 2.75) is 44.3 Å². The Morgan fingerprint density at radius 1 is 1.36 bits per heavy atom. The van der Waals surface area contributed by atoms with Crippen molar-refractivity contribution in [3.63, 3.8) is 0 Å². The van der Waals surface area contributed by atoms with Crippen LogP contribution in [-0.4, -0.2) is 77.6 Å². The quantitative estimate of drug-likeness (QED) is 0.586. The van der Waals surface area contributed by atoms with Crippen LogP contribution in [0.15, 0.2) is 0 Å². The average molecular weight is 333 g/mol. The summed E-state index contributed by atoms with van der Waals surface area (Å²) in [5.41, 5.74) is -0.296. The van der Waals surface area contributed by atoms with Gasteiger partial charge in [0.2, 0.25) is 0 Å². The van der Waals surface area contributed by atoms with Gasteiger partial charge in [-0.2, -0.15) is 0 Å². The van der Waals surface area contributed by atoms with Crippen molar-refractivity contribution in [3.05, 3.63) is 0 Å². The zero-order chi connectivity index (χ0) is 16.7. The summed E-state index contributed by atoms with van der Waals surface area (Å²) in [4.78, 5) is 15.1. The summed E-state index contributed by atoms with van der Waals surface area (Å²) >= 11 is 1.26. The van der Waals surface area contributed by atoms with Gasteiger partial charge in [-0.1, -0.05) is 11.8 Å². The Morgan fingerprint density at radius 2 is 2.00 bits per heavy atom. The third-order valence-electron chi connectivity index (χ3n) is 3.41. The summed E-state index contributed by atoms with van der Waals surface area (Å²) in [6.07, 6.45) is -0.285. The van der Waals surface area contributed by atoms with Crippen molar-refractivity contribution in [1.29, 1.82) is 5.41 Å². The molecule has 0 aromatic carbocycles. The Morgan fingerprint density at radius 3 is 2.55 bits per heavy atom. The topological polar surface area (TPSA) is 86.1 Å². The third-order valence-corrected chi connectivity index (χ3v) is 4.56. The van der Waals surface area contributed by atoms with Gasteiger partial charge in [0.1, 0.15) is 12.0 Å². The molecule has 0 spiro atoms. The molecule has 0 aromatic rings. The molecule has 1 rings (SSSR count). The molecule has 2 N–H and O–H groups in total. The minimum atomic E-state index is -0.502. The molecule has 0 aliphatic carbocycles. The number of hydrogen-bond acceptors (Lipinski definition) is 6. The molecule has 1 aliphatic heterocycles. The lowest BCUT2D eigenvalue weighted by molar-refractivity contribution is -0.0819. The molecule has 128 valence electrons. The number of thioether (sulfide) groups is 1. The van der Waals surface area contributed by atoms with E-state index in [-0.39, 0.29) is 24.2 Å². The van der Waals surface area contributed by atoms with Gasteiger partial charge in [-0.25, -0.2) is 4.79 Å². The van der Waals surface area contributed by atoms with Gasteiger partial charge in [0.25, 0.3) is 0 Å². The average Bonchev–Trinajstić information content (AvgIpc) is 2.45. The van der Waals surface area contributed by atoms with Gasteiger partial charge in [-0.05, 0) is 13.8 Å². The maximum Gasteiger partial charge on any atom is 0.409 e. The number of ether oxygens (including phenoxy) is 2. The van der Waals surface area contributed by atoms with E-state index < -0.39 is 6.10 Å².